The summed E-state index contributed by atoms with van der Waals surface area (Å²) in [6.45, 7) is 3.48. The van der Waals surface area contributed by atoms with Crippen molar-refractivity contribution in [1.29, 1.82) is 0 Å². The number of aryl methyl sites for hydroxylation is 2. The van der Waals surface area contributed by atoms with Gasteiger partial charge in [-0.1, -0.05) is 12.1 Å². The lowest BCUT2D eigenvalue weighted by Crippen LogP contribution is -2.19. The van der Waals surface area contributed by atoms with Gasteiger partial charge in [0.2, 0.25) is 5.71 Å². The molecule has 8 heteroatoms. The molecule has 124 valence electrons. The van der Waals surface area contributed by atoms with Crippen molar-refractivity contribution in [1.82, 2.24) is 9.97 Å². The average molecular weight is 335 g/mol. The molecule has 1 aromatic carbocycles. The van der Waals surface area contributed by atoms with Gasteiger partial charge in [0, 0.05) is 5.56 Å². The number of halogens is 3. The van der Waals surface area contributed by atoms with Crippen LogP contribution in [-0.2, 0) is 6.18 Å². The van der Waals surface area contributed by atoms with Crippen LogP contribution >= 0.6 is 0 Å². The number of nitrogens with zero attached hydrogens (tertiary/aromatic N) is 2. The molecule has 5 nitrogen and oxygen atoms in total. The lowest BCUT2D eigenvalue weighted by atomic mass is 10.1. The van der Waals surface area contributed by atoms with E-state index < -0.39 is 23.2 Å². The van der Waals surface area contributed by atoms with Crippen LogP contribution in [0.5, 0.6) is 0 Å². The second-order valence-corrected chi connectivity index (χ2v) is 5.18. The number of carbonyl (C=O) groups is 1. The molecular formula is C16H12F3N3O2. The monoisotopic (exact) mass is 335 g/mol. The highest BCUT2D eigenvalue weighted by molar-refractivity contribution is 6.08. The van der Waals surface area contributed by atoms with Gasteiger partial charge in [0.15, 0.2) is 0 Å². The molecule has 0 aliphatic carbocycles. The number of benzene rings is 1. The molecule has 3 rings (SSSR count). The molecule has 0 aliphatic heterocycles. The topological polar surface area (TPSA) is 68.0 Å². The maximum Gasteiger partial charge on any atom is 0.417 e. The van der Waals surface area contributed by atoms with E-state index in [1.165, 1.54) is 18.5 Å². The molecule has 0 fully saturated rings. The van der Waals surface area contributed by atoms with Crippen LogP contribution in [-0.4, -0.2) is 15.9 Å². The zero-order valence-corrected chi connectivity index (χ0v) is 12.7. The van der Waals surface area contributed by atoms with E-state index in [2.05, 4.69) is 15.3 Å². The highest BCUT2D eigenvalue weighted by Crippen LogP contribution is 2.33. The molecular weight excluding hydrogens is 323 g/mol. The van der Waals surface area contributed by atoms with Crippen molar-refractivity contribution in [2.45, 2.75) is 20.0 Å². The van der Waals surface area contributed by atoms with Crippen LogP contribution in [0.1, 0.15) is 27.2 Å². The van der Waals surface area contributed by atoms with E-state index in [4.69, 9.17) is 4.42 Å². The van der Waals surface area contributed by atoms with Gasteiger partial charge in [0.1, 0.15) is 17.9 Å². The van der Waals surface area contributed by atoms with Crippen LogP contribution in [0, 0.1) is 13.8 Å². The molecule has 3 aromatic rings. The number of aromatic nitrogens is 2. The Morgan fingerprint density at radius 3 is 2.58 bits per heavy atom. The fraction of sp³-hybridized carbons (Fsp3) is 0.188. The SMILES string of the molecule is Cc1oc2ncnc(NC(=O)c3ccccc3C(F)(F)F)c2c1C. The van der Waals surface area contributed by atoms with Crippen LogP contribution in [0.4, 0.5) is 19.0 Å². The number of alkyl halides is 3. The summed E-state index contributed by atoms with van der Waals surface area (Å²) in [4.78, 5) is 20.2. The average Bonchev–Trinajstić information content (AvgIpc) is 2.82. The number of hydrogen-bond acceptors (Lipinski definition) is 4. The Hall–Kier alpha value is -2.90. The summed E-state index contributed by atoms with van der Waals surface area (Å²) in [5.74, 6) is -0.200. The van der Waals surface area contributed by atoms with E-state index in [9.17, 15) is 18.0 Å². The van der Waals surface area contributed by atoms with Crippen LogP contribution in [0.25, 0.3) is 11.1 Å². The third kappa shape index (κ3) is 2.70. The fourth-order valence-corrected chi connectivity index (χ4v) is 2.38. The second-order valence-electron chi connectivity index (χ2n) is 5.18. The Bertz CT molecular complexity index is 932. The normalized spacial score (nSPS) is 11.7. The minimum absolute atomic E-state index is 0.108. The van der Waals surface area contributed by atoms with Gasteiger partial charge in [-0.15, -0.1) is 0 Å². The highest BCUT2D eigenvalue weighted by atomic mass is 19.4. The third-order valence-corrected chi connectivity index (χ3v) is 3.67. The largest absolute Gasteiger partial charge is 0.443 e. The van der Waals surface area contributed by atoms with Crippen LogP contribution in [0.15, 0.2) is 35.0 Å². The van der Waals surface area contributed by atoms with E-state index in [0.717, 1.165) is 12.1 Å². The summed E-state index contributed by atoms with van der Waals surface area (Å²) < 4.78 is 44.6. The van der Waals surface area contributed by atoms with Crippen molar-refractivity contribution in [3.63, 3.8) is 0 Å². The van der Waals surface area contributed by atoms with Crippen molar-refractivity contribution in [2.24, 2.45) is 0 Å². The Balaban J connectivity index is 2.03. The molecule has 0 saturated heterocycles. The lowest BCUT2D eigenvalue weighted by Gasteiger charge is -2.12. The molecule has 24 heavy (non-hydrogen) atoms. The van der Waals surface area contributed by atoms with Gasteiger partial charge in [0.05, 0.1) is 16.5 Å². The fourth-order valence-electron chi connectivity index (χ4n) is 2.38. The number of anilines is 1. The Morgan fingerprint density at radius 1 is 1.17 bits per heavy atom. The molecule has 0 radical (unpaired) electrons. The first-order valence-corrected chi connectivity index (χ1v) is 6.97. The molecule has 0 aliphatic rings. The quantitative estimate of drug-likeness (QED) is 0.765. The highest BCUT2D eigenvalue weighted by Gasteiger charge is 2.35. The first-order chi connectivity index (χ1) is 11.3. The van der Waals surface area contributed by atoms with Crippen molar-refractivity contribution in [3.05, 3.63) is 53.0 Å². The standard InChI is InChI=1S/C16H12F3N3O2/c1-8-9(2)24-15-12(8)13(20-7-21-15)22-14(23)10-5-3-4-6-11(10)16(17,18)19/h3-7H,1-2H3,(H,20,21,22,23). The van der Waals surface area contributed by atoms with E-state index in [0.29, 0.717) is 16.7 Å². The summed E-state index contributed by atoms with van der Waals surface area (Å²) in [6.07, 6.45) is -3.45. The molecule has 0 saturated carbocycles. The minimum Gasteiger partial charge on any atom is -0.443 e. The van der Waals surface area contributed by atoms with Gasteiger partial charge in [-0.05, 0) is 26.0 Å². The molecule has 2 heterocycles. The number of furan rings is 1. The summed E-state index contributed by atoms with van der Waals surface area (Å²) >= 11 is 0. The van der Waals surface area contributed by atoms with Crippen molar-refractivity contribution >= 4 is 22.8 Å². The smallest absolute Gasteiger partial charge is 0.417 e. The number of rotatable bonds is 2. The summed E-state index contributed by atoms with van der Waals surface area (Å²) in [5, 5.41) is 2.88. The summed E-state index contributed by atoms with van der Waals surface area (Å²) in [6, 6.07) is 4.57. The molecule has 1 N–H and O–H groups in total. The molecule has 0 atom stereocenters. The number of fused-ring (bicyclic) bond motifs is 1. The van der Waals surface area contributed by atoms with Gasteiger partial charge < -0.3 is 9.73 Å². The van der Waals surface area contributed by atoms with Gasteiger partial charge in [-0.2, -0.15) is 13.2 Å². The van der Waals surface area contributed by atoms with Crippen LogP contribution in [0.3, 0.4) is 0 Å². The summed E-state index contributed by atoms with van der Waals surface area (Å²) in [5.41, 5.74) is -0.507. The van der Waals surface area contributed by atoms with Crippen molar-refractivity contribution < 1.29 is 22.4 Å². The summed E-state index contributed by atoms with van der Waals surface area (Å²) in [7, 11) is 0. The maximum atomic E-state index is 13.0. The zero-order valence-electron chi connectivity index (χ0n) is 12.7. The van der Waals surface area contributed by atoms with Crippen LogP contribution < -0.4 is 5.32 Å². The molecule has 0 spiro atoms. The lowest BCUT2D eigenvalue weighted by molar-refractivity contribution is -0.137. The maximum absolute atomic E-state index is 13.0. The predicted octanol–water partition coefficient (Wildman–Crippen LogP) is 4.11. The third-order valence-electron chi connectivity index (χ3n) is 3.67. The predicted molar refractivity (Wildman–Crippen MR) is 80.7 cm³/mol. The molecule has 1 amide bonds. The van der Waals surface area contributed by atoms with Gasteiger partial charge >= 0.3 is 6.18 Å². The van der Waals surface area contributed by atoms with E-state index in [1.54, 1.807) is 13.8 Å². The first kappa shape index (κ1) is 16.0. The van der Waals surface area contributed by atoms with Gasteiger partial charge in [-0.3, -0.25) is 4.79 Å². The number of nitrogens with one attached hydrogen (secondary N) is 1. The van der Waals surface area contributed by atoms with Crippen molar-refractivity contribution in [3.8, 4) is 0 Å². The van der Waals surface area contributed by atoms with Crippen molar-refractivity contribution in [2.75, 3.05) is 5.32 Å². The van der Waals surface area contributed by atoms with E-state index in [1.807, 2.05) is 0 Å². The molecule has 0 unspecified atom stereocenters. The molecule has 0 bridgehead atoms. The zero-order chi connectivity index (χ0) is 17.5. The number of amides is 1. The van der Waals surface area contributed by atoms with E-state index in [-0.39, 0.29) is 11.5 Å². The Labute approximate surface area is 134 Å². The Morgan fingerprint density at radius 2 is 1.88 bits per heavy atom. The number of hydrogen-bond donors (Lipinski definition) is 1. The Kier molecular flexibility index (Phi) is 3.75. The molecule has 2 aromatic heterocycles. The van der Waals surface area contributed by atoms with Gasteiger partial charge in [0.25, 0.3) is 5.91 Å². The minimum atomic E-state index is -4.63. The number of carbonyl (C=O) groups excluding carboxylic acids is 1. The first-order valence-electron chi connectivity index (χ1n) is 6.97. The van der Waals surface area contributed by atoms with Gasteiger partial charge in [-0.25, -0.2) is 9.97 Å². The second kappa shape index (κ2) is 5.63. The van der Waals surface area contributed by atoms with E-state index >= 15 is 0 Å². The van der Waals surface area contributed by atoms with Crippen LogP contribution in [0.2, 0.25) is 0 Å².